The van der Waals surface area contributed by atoms with Crippen molar-refractivity contribution in [2.75, 3.05) is 13.1 Å². The van der Waals surface area contributed by atoms with E-state index in [1.54, 1.807) is 0 Å². The highest BCUT2D eigenvalue weighted by Gasteiger charge is 2.39. The second-order valence-corrected chi connectivity index (χ2v) is 6.41. The molecule has 0 saturated heterocycles. The van der Waals surface area contributed by atoms with Crippen LogP contribution in [0.1, 0.15) is 58.8 Å². The molecule has 0 radical (unpaired) electrons. The smallest absolute Gasteiger partial charge is 0.0332 e. The molecule has 2 nitrogen and oxygen atoms in total. The van der Waals surface area contributed by atoms with Gasteiger partial charge in [0.15, 0.2) is 0 Å². The van der Waals surface area contributed by atoms with E-state index in [0.29, 0.717) is 0 Å². The van der Waals surface area contributed by atoms with Crippen LogP contribution in [0, 0.1) is 17.8 Å². The van der Waals surface area contributed by atoms with Crippen LogP contribution in [0.4, 0.5) is 0 Å². The second kappa shape index (κ2) is 5.71. The maximum atomic E-state index is 6.12. The molecule has 3 atom stereocenters. The van der Waals surface area contributed by atoms with Crippen molar-refractivity contribution in [3.63, 3.8) is 0 Å². The molecule has 0 spiro atoms. The Morgan fingerprint density at radius 2 is 2.06 bits per heavy atom. The van der Waals surface area contributed by atoms with Gasteiger partial charge in [-0.25, -0.2) is 0 Å². The maximum absolute atomic E-state index is 6.12. The molecular weight excluding hydrogens is 208 g/mol. The molecule has 0 heterocycles. The molecule has 100 valence electrons. The highest BCUT2D eigenvalue weighted by molar-refractivity contribution is 4.98. The lowest BCUT2D eigenvalue weighted by Gasteiger charge is -2.45. The van der Waals surface area contributed by atoms with Crippen LogP contribution in [-0.4, -0.2) is 18.6 Å². The zero-order valence-corrected chi connectivity index (χ0v) is 11.7. The molecule has 2 aliphatic carbocycles. The molecule has 2 aliphatic rings. The summed E-state index contributed by atoms with van der Waals surface area (Å²) >= 11 is 0. The van der Waals surface area contributed by atoms with E-state index in [9.17, 15) is 0 Å². The third kappa shape index (κ3) is 3.03. The molecular formula is C15H30N2. The van der Waals surface area contributed by atoms with Crippen molar-refractivity contribution in [1.82, 2.24) is 5.32 Å². The van der Waals surface area contributed by atoms with Gasteiger partial charge in [0.05, 0.1) is 0 Å². The Morgan fingerprint density at radius 3 is 2.65 bits per heavy atom. The van der Waals surface area contributed by atoms with Gasteiger partial charge in [0.2, 0.25) is 0 Å². The highest BCUT2D eigenvalue weighted by atomic mass is 15.0. The number of rotatable bonds is 6. The van der Waals surface area contributed by atoms with E-state index in [2.05, 4.69) is 19.2 Å². The number of nitrogens with two attached hydrogens (primary N) is 1. The van der Waals surface area contributed by atoms with Crippen LogP contribution < -0.4 is 11.1 Å². The Hall–Kier alpha value is -0.0800. The summed E-state index contributed by atoms with van der Waals surface area (Å²) in [5.41, 5.74) is 6.38. The summed E-state index contributed by atoms with van der Waals surface area (Å²) in [6.07, 6.45) is 9.61. The van der Waals surface area contributed by atoms with Gasteiger partial charge in [-0.1, -0.05) is 33.1 Å². The van der Waals surface area contributed by atoms with Crippen molar-refractivity contribution in [1.29, 1.82) is 0 Å². The molecule has 0 bridgehead atoms. The van der Waals surface area contributed by atoms with Gasteiger partial charge in [-0.05, 0) is 50.0 Å². The van der Waals surface area contributed by atoms with Crippen LogP contribution in [0.15, 0.2) is 0 Å². The van der Waals surface area contributed by atoms with E-state index in [1.807, 2.05) is 0 Å². The first-order chi connectivity index (χ1) is 8.22. The molecule has 17 heavy (non-hydrogen) atoms. The van der Waals surface area contributed by atoms with Crippen molar-refractivity contribution in [3.8, 4) is 0 Å². The summed E-state index contributed by atoms with van der Waals surface area (Å²) < 4.78 is 0. The monoisotopic (exact) mass is 238 g/mol. The zero-order chi connectivity index (χ0) is 12.3. The van der Waals surface area contributed by atoms with Crippen LogP contribution >= 0.6 is 0 Å². The van der Waals surface area contributed by atoms with Crippen molar-refractivity contribution in [2.45, 2.75) is 64.3 Å². The van der Waals surface area contributed by atoms with Crippen LogP contribution in [0.2, 0.25) is 0 Å². The van der Waals surface area contributed by atoms with Gasteiger partial charge in [0.1, 0.15) is 0 Å². The molecule has 3 unspecified atom stereocenters. The molecule has 3 N–H and O–H groups in total. The number of hydrogen-bond acceptors (Lipinski definition) is 2. The first-order valence-corrected chi connectivity index (χ1v) is 7.67. The molecule has 0 aromatic rings. The van der Waals surface area contributed by atoms with Crippen molar-refractivity contribution in [2.24, 2.45) is 23.5 Å². The minimum absolute atomic E-state index is 0.260. The Bertz CT molecular complexity index is 237. The van der Waals surface area contributed by atoms with Crippen molar-refractivity contribution in [3.05, 3.63) is 0 Å². The third-order valence-electron chi connectivity index (χ3n) is 5.27. The normalized spacial score (nSPS) is 35.8. The number of hydrogen-bond donors (Lipinski definition) is 2. The minimum atomic E-state index is 0.260. The van der Waals surface area contributed by atoms with Crippen LogP contribution in [0.5, 0.6) is 0 Å². The van der Waals surface area contributed by atoms with Crippen molar-refractivity contribution < 1.29 is 0 Å². The quantitative estimate of drug-likeness (QED) is 0.746. The van der Waals surface area contributed by atoms with Gasteiger partial charge in [-0.15, -0.1) is 0 Å². The lowest BCUT2D eigenvalue weighted by atomic mass is 9.71. The van der Waals surface area contributed by atoms with Gasteiger partial charge < -0.3 is 11.1 Å². The fourth-order valence-corrected chi connectivity index (χ4v) is 3.68. The van der Waals surface area contributed by atoms with Gasteiger partial charge in [0.25, 0.3) is 0 Å². The predicted octanol–water partition coefficient (Wildman–Crippen LogP) is 2.92. The summed E-state index contributed by atoms with van der Waals surface area (Å²) in [5.74, 6) is 2.64. The third-order valence-corrected chi connectivity index (χ3v) is 5.27. The van der Waals surface area contributed by atoms with Gasteiger partial charge in [0, 0.05) is 12.1 Å². The summed E-state index contributed by atoms with van der Waals surface area (Å²) in [5, 5.41) is 3.88. The van der Waals surface area contributed by atoms with E-state index in [4.69, 9.17) is 5.73 Å². The summed E-state index contributed by atoms with van der Waals surface area (Å²) in [7, 11) is 0. The SMILES string of the molecule is CCC1CCCCC1(CN)NCC(C)C1CC1. The van der Waals surface area contributed by atoms with Crippen LogP contribution in [-0.2, 0) is 0 Å². The lowest BCUT2D eigenvalue weighted by molar-refractivity contribution is 0.136. The maximum Gasteiger partial charge on any atom is 0.0332 e. The fourth-order valence-electron chi connectivity index (χ4n) is 3.68. The van der Waals surface area contributed by atoms with Crippen LogP contribution in [0.3, 0.4) is 0 Å². The summed E-state index contributed by atoms with van der Waals surface area (Å²) in [6.45, 7) is 6.73. The molecule has 0 aromatic heterocycles. The predicted molar refractivity (Wildman–Crippen MR) is 73.9 cm³/mol. The zero-order valence-electron chi connectivity index (χ0n) is 11.7. The summed E-state index contributed by atoms with van der Waals surface area (Å²) in [4.78, 5) is 0. The van der Waals surface area contributed by atoms with Crippen LogP contribution in [0.25, 0.3) is 0 Å². The average molecular weight is 238 g/mol. The van der Waals surface area contributed by atoms with E-state index in [1.165, 1.54) is 51.5 Å². The topological polar surface area (TPSA) is 38.0 Å². The Labute approximate surface area is 107 Å². The van der Waals surface area contributed by atoms with Crippen molar-refractivity contribution >= 4 is 0 Å². The van der Waals surface area contributed by atoms with Gasteiger partial charge in [-0.2, -0.15) is 0 Å². The Morgan fingerprint density at radius 1 is 1.29 bits per heavy atom. The average Bonchev–Trinajstić information content (AvgIpc) is 3.20. The van der Waals surface area contributed by atoms with Gasteiger partial charge >= 0.3 is 0 Å². The molecule has 2 heteroatoms. The minimum Gasteiger partial charge on any atom is -0.329 e. The Kier molecular flexibility index (Phi) is 4.48. The molecule has 0 amide bonds. The first-order valence-electron chi connectivity index (χ1n) is 7.67. The second-order valence-electron chi connectivity index (χ2n) is 6.41. The Balaban J connectivity index is 1.91. The largest absolute Gasteiger partial charge is 0.329 e. The standard InChI is InChI=1S/C15H30N2/c1-3-14-6-4-5-9-15(14,11-16)17-10-12(2)13-7-8-13/h12-14,17H,3-11,16H2,1-2H3. The lowest BCUT2D eigenvalue weighted by Crippen LogP contribution is -2.58. The van der Waals surface area contributed by atoms with E-state index < -0.39 is 0 Å². The summed E-state index contributed by atoms with van der Waals surface area (Å²) in [6, 6.07) is 0. The molecule has 0 aromatic carbocycles. The first kappa shape index (κ1) is 13.4. The number of nitrogens with one attached hydrogen (secondary N) is 1. The molecule has 0 aliphatic heterocycles. The van der Waals surface area contributed by atoms with E-state index >= 15 is 0 Å². The highest BCUT2D eigenvalue weighted by Crippen LogP contribution is 2.38. The molecule has 2 saturated carbocycles. The molecule has 2 rings (SSSR count). The van der Waals surface area contributed by atoms with E-state index in [-0.39, 0.29) is 5.54 Å². The molecule has 2 fully saturated rings. The fraction of sp³-hybridized carbons (Fsp3) is 1.00. The van der Waals surface area contributed by atoms with Gasteiger partial charge in [-0.3, -0.25) is 0 Å². The van der Waals surface area contributed by atoms with E-state index in [0.717, 1.165) is 24.3 Å².